The summed E-state index contributed by atoms with van der Waals surface area (Å²) < 4.78 is 0. The zero-order chi connectivity index (χ0) is 13.7. The zero-order valence-electron chi connectivity index (χ0n) is 11.8. The molecule has 4 aromatic rings. The summed E-state index contributed by atoms with van der Waals surface area (Å²) in [4.78, 5) is 0. The van der Waals surface area contributed by atoms with Crippen molar-refractivity contribution in [2.75, 3.05) is 0 Å². The molecule has 0 aromatic heterocycles. The molecule has 0 radical (unpaired) electrons. The third-order valence-corrected chi connectivity index (χ3v) is 4.36. The van der Waals surface area contributed by atoms with Gasteiger partial charge in [0.2, 0.25) is 0 Å². The summed E-state index contributed by atoms with van der Waals surface area (Å²) in [6.07, 6.45) is 0. The first-order valence-electron chi connectivity index (χ1n) is 7.06. The second-order valence-electron chi connectivity index (χ2n) is 5.56. The molecular formula is C20H16. The molecular weight excluding hydrogens is 240 g/mol. The number of hydrogen-bond donors (Lipinski definition) is 0. The first-order chi connectivity index (χ1) is 9.75. The van der Waals surface area contributed by atoms with Gasteiger partial charge in [0, 0.05) is 0 Å². The summed E-state index contributed by atoms with van der Waals surface area (Å²) in [6.45, 7) is 4.43. The van der Waals surface area contributed by atoms with Crippen LogP contribution in [0.5, 0.6) is 0 Å². The van der Waals surface area contributed by atoms with Crippen LogP contribution in [0.25, 0.3) is 32.3 Å². The number of aryl methyl sites for hydroxylation is 2. The molecule has 96 valence electrons. The topological polar surface area (TPSA) is 0 Å². The van der Waals surface area contributed by atoms with Gasteiger partial charge in [-0.3, -0.25) is 0 Å². The molecule has 0 spiro atoms. The van der Waals surface area contributed by atoms with Gasteiger partial charge >= 0.3 is 0 Å². The van der Waals surface area contributed by atoms with Gasteiger partial charge in [0.25, 0.3) is 0 Å². The minimum Gasteiger partial charge on any atom is -0.0616 e. The van der Waals surface area contributed by atoms with Crippen molar-refractivity contribution in [2.24, 2.45) is 0 Å². The van der Waals surface area contributed by atoms with Gasteiger partial charge in [0.05, 0.1) is 0 Å². The van der Waals surface area contributed by atoms with E-state index in [4.69, 9.17) is 0 Å². The molecule has 0 heterocycles. The van der Waals surface area contributed by atoms with E-state index in [1.807, 2.05) is 0 Å². The summed E-state index contributed by atoms with van der Waals surface area (Å²) in [6, 6.07) is 22.0. The Morgan fingerprint density at radius 1 is 0.600 bits per heavy atom. The molecule has 0 N–H and O–H groups in total. The number of fused-ring (bicyclic) bond motifs is 4. The van der Waals surface area contributed by atoms with E-state index >= 15 is 0 Å². The highest BCUT2D eigenvalue weighted by atomic mass is 14.1. The molecule has 0 fully saturated rings. The van der Waals surface area contributed by atoms with E-state index < -0.39 is 0 Å². The lowest BCUT2D eigenvalue weighted by molar-refractivity contribution is 1.54. The van der Waals surface area contributed by atoms with E-state index in [1.165, 1.54) is 43.4 Å². The van der Waals surface area contributed by atoms with Crippen LogP contribution in [0.2, 0.25) is 0 Å². The van der Waals surface area contributed by atoms with Crippen molar-refractivity contribution in [3.8, 4) is 0 Å². The van der Waals surface area contributed by atoms with Crippen LogP contribution in [-0.4, -0.2) is 0 Å². The van der Waals surface area contributed by atoms with Gasteiger partial charge < -0.3 is 0 Å². The highest BCUT2D eigenvalue weighted by molar-refractivity contribution is 6.14. The normalized spacial score (nSPS) is 11.5. The lowest BCUT2D eigenvalue weighted by atomic mass is 9.92. The average Bonchev–Trinajstić information content (AvgIpc) is 2.47. The number of rotatable bonds is 0. The summed E-state index contributed by atoms with van der Waals surface area (Å²) in [5.41, 5.74) is 2.73. The average molecular weight is 256 g/mol. The van der Waals surface area contributed by atoms with Crippen molar-refractivity contribution in [1.29, 1.82) is 0 Å². The molecule has 0 aliphatic heterocycles. The van der Waals surface area contributed by atoms with Crippen LogP contribution >= 0.6 is 0 Å². The highest BCUT2D eigenvalue weighted by Gasteiger charge is 2.08. The highest BCUT2D eigenvalue weighted by Crippen LogP contribution is 2.34. The van der Waals surface area contributed by atoms with Crippen molar-refractivity contribution in [3.05, 3.63) is 71.8 Å². The van der Waals surface area contributed by atoms with Crippen molar-refractivity contribution in [1.82, 2.24) is 0 Å². The van der Waals surface area contributed by atoms with Crippen LogP contribution in [-0.2, 0) is 0 Å². The predicted octanol–water partition coefficient (Wildman–Crippen LogP) is 5.76. The maximum Gasteiger partial charge on any atom is -0.00758 e. The number of hydrogen-bond acceptors (Lipinski definition) is 0. The molecule has 0 nitrogen and oxygen atoms in total. The van der Waals surface area contributed by atoms with Crippen LogP contribution in [0.15, 0.2) is 60.7 Å². The fraction of sp³-hybridized carbons (Fsp3) is 0.100. The fourth-order valence-corrected chi connectivity index (χ4v) is 3.34. The smallest absolute Gasteiger partial charge is 0.00758 e. The van der Waals surface area contributed by atoms with Crippen molar-refractivity contribution < 1.29 is 0 Å². The van der Waals surface area contributed by atoms with Gasteiger partial charge in [-0.15, -0.1) is 0 Å². The minimum absolute atomic E-state index is 1.33. The third-order valence-electron chi connectivity index (χ3n) is 4.36. The van der Waals surface area contributed by atoms with Crippen molar-refractivity contribution >= 4 is 32.3 Å². The van der Waals surface area contributed by atoms with Gasteiger partial charge in [0.15, 0.2) is 0 Å². The van der Waals surface area contributed by atoms with Crippen molar-refractivity contribution in [3.63, 3.8) is 0 Å². The lowest BCUT2D eigenvalue weighted by Gasteiger charge is -2.12. The van der Waals surface area contributed by atoms with E-state index in [9.17, 15) is 0 Å². The summed E-state index contributed by atoms with van der Waals surface area (Å²) in [7, 11) is 0. The minimum atomic E-state index is 1.33. The Morgan fingerprint density at radius 3 is 2.30 bits per heavy atom. The van der Waals surface area contributed by atoms with Crippen LogP contribution in [0.1, 0.15) is 11.1 Å². The second kappa shape index (κ2) is 4.08. The van der Waals surface area contributed by atoms with E-state index in [0.717, 1.165) is 0 Å². The molecule has 0 aliphatic carbocycles. The van der Waals surface area contributed by atoms with Crippen LogP contribution in [0.4, 0.5) is 0 Å². The quantitative estimate of drug-likeness (QED) is 0.277. The largest absolute Gasteiger partial charge is 0.0616 e. The molecule has 0 aliphatic rings. The van der Waals surface area contributed by atoms with Crippen LogP contribution in [0.3, 0.4) is 0 Å². The van der Waals surface area contributed by atoms with Crippen LogP contribution < -0.4 is 0 Å². The Balaban J connectivity index is 2.34. The maximum atomic E-state index is 2.34. The Hall–Kier alpha value is -2.34. The predicted molar refractivity (Wildman–Crippen MR) is 88.4 cm³/mol. The van der Waals surface area contributed by atoms with E-state index in [0.29, 0.717) is 0 Å². The molecule has 0 unspecified atom stereocenters. The molecule has 20 heavy (non-hydrogen) atoms. The standard InChI is InChI=1S/C20H16/c1-13-6-5-8-15-10-11-18-14(2)17-9-4-3-7-16(17)12-19(18)20(13)15/h3-12H,1-2H3. The Morgan fingerprint density at radius 2 is 1.40 bits per heavy atom. The van der Waals surface area contributed by atoms with Crippen molar-refractivity contribution in [2.45, 2.75) is 13.8 Å². The molecule has 0 atom stereocenters. The van der Waals surface area contributed by atoms with E-state index in [2.05, 4.69) is 74.5 Å². The van der Waals surface area contributed by atoms with Crippen LogP contribution in [0, 0.1) is 13.8 Å². The van der Waals surface area contributed by atoms with E-state index in [-0.39, 0.29) is 0 Å². The molecule has 0 saturated carbocycles. The molecule has 4 aromatic carbocycles. The Kier molecular flexibility index (Phi) is 2.34. The summed E-state index contributed by atoms with van der Waals surface area (Å²) in [5, 5.41) is 8.13. The van der Waals surface area contributed by atoms with Gasteiger partial charge in [-0.25, -0.2) is 0 Å². The summed E-state index contributed by atoms with van der Waals surface area (Å²) >= 11 is 0. The van der Waals surface area contributed by atoms with E-state index in [1.54, 1.807) is 0 Å². The van der Waals surface area contributed by atoms with Gasteiger partial charge in [-0.1, -0.05) is 54.6 Å². The molecule has 0 bridgehead atoms. The SMILES string of the molecule is Cc1c2ccccc2cc2c1ccc1cccc(C)c12. The molecule has 0 amide bonds. The van der Waals surface area contributed by atoms with Gasteiger partial charge in [-0.05, 0) is 63.4 Å². The van der Waals surface area contributed by atoms with Gasteiger partial charge in [0.1, 0.15) is 0 Å². The fourth-order valence-electron chi connectivity index (χ4n) is 3.34. The first-order valence-corrected chi connectivity index (χ1v) is 7.06. The van der Waals surface area contributed by atoms with Gasteiger partial charge in [-0.2, -0.15) is 0 Å². The Bertz CT molecular complexity index is 962. The number of benzene rings is 4. The maximum absolute atomic E-state index is 2.34. The molecule has 4 rings (SSSR count). The molecule has 0 saturated heterocycles. The Labute approximate surface area is 118 Å². The third kappa shape index (κ3) is 1.48. The first kappa shape index (κ1) is 11.5. The zero-order valence-corrected chi connectivity index (χ0v) is 11.8. The molecule has 0 heteroatoms. The summed E-state index contributed by atoms with van der Waals surface area (Å²) in [5.74, 6) is 0. The second-order valence-corrected chi connectivity index (χ2v) is 5.56. The monoisotopic (exact) mass is 256 g/mol. The lowest BCUT2D eigenvalue weighted by Crippen LogP contribution is -1.86.